The highest BCUT2D eigenvalue weighted by Crippen LogP contribution is 2.50. The van der Waals surface area contributed by atoms with Crippen LogP contribution >= 0.6 is 0 Å². The molecule has 7 nitrogen and oxygen atoms in total. The maximum absolute atomic E-state index is 12.3. The first-order valence-electron chi connectivity index (χ1n) is 13.3. The van der Waals surface area contributed by atoms with Gasteiger partial charge in [0.05, 0.1) is 18.8 Å². The van der Waals surface area contributed by atoms with Gasteiger partial charge in [0.25, 0.3) is 0 Å². The molecule has 0 radical (unpaired) electrons. The minimum atomic E-state index is -2.01. The van der Waals surface area contributed by atoms with Crippen molar-refractivity contribution in [2.24, 2.45) is 17.8 Å². The van der Waals surface area contributed by atoms with Crippen LogP contribution in [0.5, 0.6) is 0 Å². The third-order valence-electron chi connectivity index (χ3n) is 7.86. The molecular formula is C27H51NO6Si. The van der Waals surface area contributed by atoms with Crippen LogP contribution in [0.4, 0.5) is 4.79 Å². The summed E-state index contributed by atoms with van der Waals surface area (Å²) >= 11 is 0. The molecule has 8 heteroatoms. The number of hydrogen-bond donors (Lipinski definition) is 1. The van der Waals surface area contributed by atoms with E-state index in [1.54, 1.807) is 20.8 Å². The molecule has 0 aromatic rings. The van der Waals surface area contributed by atoms with Crippen molar-refractivity contribution in [1.29, 1.82) is 0 Å². The van der Waals surface area contributed by atoms with E-state index in [0.717, 1.165) is 25.5 Å². The van der Waals surface area contributed by atoms with E-state index in [4.69, 9.17) is 18.6 Å². The second-order valence-electron chi connectivity index (χ2n) is 13.6. The Hall–Kier alpha value is -0.963. The minimum absolute atomic E-state index is 0.0725. The second-order valence-corrected chi connectivity index (χ2v) is 18.4. The lowest BCUT2D eigenvalue weighted by atomic mass is 9.73. The fourth-order valence-electron chi connectivity index (χ4n) is 4.93. The molecule has 1 saturated heterocycles. The van der Waals surface area contributed by atoms with E-state index in [1.165, 1.54) is 0 Å². The molecular weight excluding hydrogens is 462 g/mol. The van der Waals surface area contributed by atoms with E-state index >= 15 is 0 Å². The number of alkyl carbamates (subject to hydrolysis) is 1. The number of carbonyl (C=O) groups is 2. The maximum atomic E-state index is 12.3. The van der Waals surface area contributed by atoms with Crippen LogP contribution in [-0.4, -0.2) is 56.9 Å². The standard InChI is InChI=1S/C27H51NO6Si/c1-18(2)21-13-12-19(3)15-27(21)32-22(14-20(16-29)28-24(30)34-25(4,5)6)23(33-27)17-31-35(10,11)26(7,8)9/h16,18-23H,12-15,17H2,1-11H3,(H,28,30)/t19-,20+,21+,22+,23-,27+/m1/s1. The van der Waals surface area contributed by atoms with Crippen molar-refractivity contribution >= 4 is 20.7 Å². The largest absolute Gasteiger partial charge is 0.444 e. The third kappa shape index (κ3) is 8.01. The maximum Gasteiger partial charge on any atom is 0.408 e. The average Bonchev–Trinajstić information content (AvgIpc) is 3.00. The zero-order chi connectivity index (χ0) is 26.8. The summed E-state index contributed by atoms with van der Waals surface area (Å²) in [4.78, 5) is 24.3. The molecule has 1 N–H and O–H groups in total. The summed E-state index contributed by atoms with van der Waals surface area (Å²) in [5, 5.41) is 2.78. The van der Waals surface area contributed by atoms with E-state index in [1.807, 2.05) is 0 Å². The van der Waals surface area contributed by atoms with Gasteiger partial charge in [0, 0.05) is 18.8 Å². The Morgan fingerprint density at radius 1 is 1.11 bits per heavy atom. The van der Waals surface area contributed by atoms with Crippen molar-refractivity contribution in [3.63, 3.8) is 0 Å². The van der Waals surface area contributed by atoms with E-state index in [9.17, 15) is 9.59 Å². The highest BCUT2D eigenvalue weighted by molar-refractivity contribution is 6.74. The van der Waals surface area contributed by atoms with Gasteiger partial charge in [-0.05, 0) is 57.2 Å². The smallest absolute Gasteiger partial charge is 0.408 e. The highest BCUT2D eigenvalue weighted by Gasteiger charge is 2.55. The normalized spacial score (nSPS) is 31.0. The summed E-state index contributed by atoms with van der Waals surface area (Å²) in [6.45, 7) is 23.6. The summed E-state index contributed by atoms with van der Waals surface area (Å²) in [5.41, 5.74) is -0.642. The van der Waals surface area contributed by atoms with Crippen LogP contribution in [0, 0.1) is 17.8 Å². The molecule has 0 bridgehead atoms. The number of carbonyl (C=O) groups excluding carboxylic acids is 2. The quantitative estimate of drug-likeness (QED) is 0.314. The summed E-state index contributed by atoms with van der Waals surface area (Å²) in [7, 11) is -2.01. The van der Waals surface area contributed by atoms with E-state index in [-0.39, 0.29) is 23.2 Å². The van der Waals surface area contributed by atoms with Crippen molar-refractivity contribution in [3.8, 4) is 0 Å². The number of nitrogens with one attached hydrogen (secondary N) is 1. The molecule has 2 aliphatic rings. The van der Waals surface area contributed by atoms with Gasteiger partial charge in [0.1, 0.15) is 18.0 Å². The fraction of sp³-hybridized carbons (Fsp3) is 0.926. The molecule has 35 heavy (non-hydrogen) atoms. The van der Waals surface area contributed by atoms with Crippen molar-refractivity contribution in [2.75, 3.05) is 6.61 Å². The lowest BCUT2D eigenvalue weighted by molar-refractivity contribution is -0.245. The van der Waals surface area contributed by atoms with E-state index in [0.29, 0.717) is 24.9 Å². The number of hydrogen-bond acceptors (Lipinski definition) is 6. The van der Waals surface area contributed by atoms with Gasteiger partial charge in [-0.15, -0.1) is 0 Å². The first kappa shape index (κ1) is 30.3. The van der Waals surface area contributed by atoms with E-state index in [2.05, 4.69) is 60.0 Å². The minimum Gasteiger partial charge on any atom is -0.444 e. The molecule has 0 aromatic carbocycles. The number of rotatable bonds is 8. The molecule has 1 aliphatic carbocycles. The molecule has 0 aromatic heterocycles. The third-order valence-corrected chi connectivity index (χ3v) is 12.4. The Bertz CT molecular complexity index is 728. The average molecular weight is 514 g/mol. The Labute approximate surface area is 214 Å². The van der Waals surface area contributed by atoms with Crippen molar-refractivity contribution < 1.29 is 28.2 Å². The summed E-state index contributed by atoms with van der Waals surface area (Å²) in [6, 6.07) is -0.734. The molecule has 6 atom stereocenters. The van der Waals surface area contributed by atoms with Gasteiger partial charge >= 0.3 is 6.09 Å². The molecule has 1 spiro atoms. The summed E-state index contributed by atoms with van der Waals surface area (Å²) < 4.78 is 25.5. The first-order valence-corrected chi connectivity index (χ1v) is 16.2. The highest BCUT2D eigenvalue weighted by atomic mass is 28.4. The summed E-state index contributed by atoms with van der Waals surface area (Å²) in [5.74, 6) is 0.488. The molecule has 2 rings (SSSR count). The lowest BCUT2D eigenvalue weighted by Gasteiger charge is -2.44. The Morgan fingerprint density at radius 2 is 1.71 bits per heavy atom. The van der Waals surface area contributed by atoms with Crippen LogP contribution in [0.25, 0.3) is 0 Å². The Morgan fingerprint density at radius 3 is 2.23 bits per heavy atom. The predicted molar refractivity (Wildman–Crippen MR) is 141 cm³/mol. The van der Waals surface area contributed by atoms with Crippen molar-refractivity contribution in [1.82, 2.24) is 5.32 Å². The van der Waals surface area contributed by atoms with Gasteiger partial charge in [-0.2, -0.15) is 0 Å². The van der Waals surface area contributed by atoms with Gasteiger partial charge in [0.15, 0.2) is 14.1 Å². The zero-order valence-corrected chi connectivity index (χ0v) is 25.0. The van der Waals surface area contributed by atoms with Gasteiger partial charge in [-0.25, -0.2) is 4.79 Å². The number of aldehydes is 1. The van der Waals surface area contributed by atoms with Crippen LogP contribution in [-0.2, 0) is 23.4 Å². The van der Waals surface area contributed by atoms with Crippen LogP contribution in [0.3, 0.4) is 0 Å². The zero-order valence-electron chi connectivity index (χ0n) is 24.0. The molecule has 204 valence electrons. The van der Waals surface area contributed by atoms with Gasteiger partial charge in [-0.3, -0.25) is 0 Å². The summed E-state index contributed by atoms with van der Waals surface area (Å²) in [6.07, 6.45) is 2.83. The second kappa shape index (κ2) is 11.2. The van der Waals surface area contributed by atoms with Crippen LogP contribution in [0.1, 0.15) is 88.0 Å². The topological polar surface area (TPSA) is 83.1 Å². The SMILES string of the molecule is CC(C)[C@@H]1CC[C@@H](C)C[C@@]12O[C@@H](C[C@@H](C=O)NC(=O)OC(C)(C)C)[C@@H](CO[Si](C)(C)C(C)(C)C)O2. The lowest BCUT2D eigenvalue weighted by Crippen LogP contribution is -2.47. The van der Waals surface area contributed by atoms with Gasteiger partial charge < -0.3 is 28.7 Å². The van der Waals surface area contributed by atoms with Gasteiger partial charge in [-0.1, -0.05) is 48.0 Å². The van der Waals surface area contributed by atoms with Crippen LogP contribution in [0.15, 0.2) is 0 Å². The Kier molecular flexibility index (Phi) is 9.68. The van der Waals surface area contributed by atoms with Crippen LogP contribution < -0.4 is 5.32 Å². The predicted octanol–water partition coefficient (Wildman–Crippen LogP) is 6.06. The van der Waals surface area contributed by atoms with Crippen molar-refractivity contribution in [2.45, 2.75) is 136 Å². The number of amides is 1. The van der Waals surface area contributed by atoms with Crippen molar-refractivity contribution in [3.05, 3.63) is 0 Å². The molecule has 1 saturated carbocycles. The Balaban J connectivity index is 2.26. The molecule has 2 fully saturated rings. The first-order chi connectivity index (χ1) is 15.9. The fourth-order valence-corrected chi connectivity index (χ4v) is 5.95. The molecule has 1 aliphatic heterocycles. The van der Waals surface area contributed by atoms with Crippen LogP contribution in [0.2, 0.25) is 18.1 Å². The monoisotopic (exact) mass is 513 g/mol. The molecule has 1 heterocycles. The molecule has 1 amide bonds. The number of ether oxygens (including phenoxy) is 3. The van der Waals surface area contributed by atoms with Gasteiger partial charge in [0.2, 0.25) is 0 Å². The van der Waals surface area contributed by atoms with E-state index < -0.39 is 31.8 Å². The molecule has 0 unspecified atom stereocenters.